The van der Waals surface area contributed by atoms with Crippen LogP contribution in [0.3, 0.4) is 0 Å². The minimum absolute atomic E-state index is 0.0621. The number of hydrogen-bond donors (Lipinski definition) is 1. The van der Waals surface area contributed by atoms with E-state index >= 15 is 0 Å². The lowest BCUT2D eigenvalue weighted by atomic mass is 10.1. The second-order valence-electron chi connectivity index (χ2n) is 4.33. The molecule has 112 valence electrons. The highest BCUT2D eigenvalue weighted by Gasteiger charge is 2.18. The van der Waals surface area contributed by atoms with Crippen LogP contribution in [0.2, 0.25) is 0 Å². The molecule has 21 heavy (non-hydrogen) atoms. The Kier molecular flexibility index (Phi) is 6.30. The minimum Gasteiger partial charge on any atom is -0.478 e. The maximum atomic E-state index is 12.3. The molecule has 1 N–H and O–H groups in total. The lowest BCUT2D eigenvalue weighted by molar-refractivity contribution is 0.0680. The van der Waals surface area contributed by atoms with Crippen LogP contribution >= 0.6 is 0 Å². The zero-order valence-corrected chi connectivity index (χ0v) is 12.0. The lowest BCUT2D eigenvalue weighted by Gasteiger charge is -2.21. The number of aryl methyl sites for hydroxylation is 1. The Labute approximate surface area is 122 Å². The van der Waals surface area contributed by atoms with Gasteiger partial charge in [-0.05, 0) is 19.1 Å². The van der Waals surface area contributed by atoms with Gasteiger partial charge in [0.15, 0.2) is 0 Å². The average molecular weight is 291 g/mol. The standard InChI is InChI=1S/C14H17N3O4/c1-10-11(14(19)20)4-5-12(16-10)13(18)17(7-3-6-15)8-9-21-2/h4-5H,3,7-9H2,1-2H3,(H,19,20). The highest BCUT2D eigenvalue weighted by atomic mass is 16.5. The first kappa shape index (κ1) is 16.6. The number of carboxylic acid groups (broad SMARTS) is 1. The molecule has 0 aliphatic rings. The zero-order chi connectivity index (χ0) is 15.8. The molecule has 0 atom stereocenters. The summed E-state index contributed by atoms with van der Waals surface area (Å²) in [5.74, 6) is -1.43. The summed E-state index contributed by atoms with van der Waals surface area (Å²) in [4.78, 5) is 28.8. The number of amides is 1. The highest BCUT2D eigenvalue weighted by Crippen LogP contribution is 2.09. The molecule has 0 bridgehead atoms. The summed E-state index contributed by atoms with van der Waals surface area (Å²) in [7, 11) is 1.52. The summed E-state index contributed by atoms with van der Waals surface area (Å²) < 4.78 is 4.94. The number of hydrogen-bond acceptors (Lipinski definition) is 5. The van der Waals surface area contributed by atoms with Gasteiger partial charge in [-0.15, -0.1) is 0 Å². The number of nitrogens with zero attached hydrogens (tertiary/aromatic N) is 3. The van der Waals surface area contributed by atoms with Crippen LogP contribution in [0.15, 0.2) is 12.1 Å². The molecule has 0 saturated carbocycles. The zero-order valence-electron chi connectivity index (χ0n) is 12.0. The summed E-state index contributed by atoms with van der Waals surface area (Å²) in [6, 6.07) is 4.72. The van der Waals surface area contributed by atoms with Gasteiger partial charge in [0.1, 0.15) is 5.69 Å². The van der Waals surface area contributed by atoms with Crippen molar-refractivity contribution in [1.29, 1.82) is 5.26 Å². The van der Waals surface area contributed by atoms with E-state index in [4.69, 9.17) is 15.1 Å². The van der Waals surface area contributed by atoms with Crippen LogP contribution in [0, 0.1) is 18.3 Å². The molecule has 0 aliphatic heterocycles. The fourth-order valence-electron chi connectivity index (χ4n) is 1.77. The second-order valence-corrected chi connectivity index (χ2v) is 4.33. The SMILES string of the molecule is COCCN(CCC#N)C(=O)c1ccc(C(=O)O)c(C)n1. The number of methoxy groups -OCH3 is 1. The number of rotatable bonds is 7. The fourth-order valence-corrected chi connectivity index (χ4v) is 1.77. The Morgan fingerprint density at radius 3 is 2.67 bits per heavy atom. The molecule has 1 aromatic heterocycles. The summed E-state index contributed by atoms with van der Waals surface area (Å²) in [6.07, 6.45) is 0.210. The van der Waals surface area contributed by atoms with E-state index in [0.29, 0.717) is 13.2 Å². The normalized spacial score (nSPS) is 9.95. The van der Waals surface area contributed by atoms with Gasteiger partial charge in [-0.3, -0.25) is 4.79 Å². The maximum absolute atomic E-state index is 12.3. The van der Waals surface area contributed by atoms with Crippen molar-refractivity contribution < 1.29 is 19.4 Å². The second kappa shape index (κ2) is 7.97. The van der Waals surface area contributed by atoms with Crippen LogP contribution in [0.4, 0.5) is 0 Å². The van der Waals surface area contributed by atoms with Crippen LogP contribution in [0.1, 0.15) is 33.0 Å². The molecule has 0 aliphatic carbocycles. The molecule has 0 fully saturated rings. The monoisotopic (exact) mass is 291 g/mol. The topological polar surface area (TPSA) is 104 Å². The molecule has 0 spiro atoms. The van der Waals surface area contributed by atoms with Crippen LogP contribution in [0.5, 0.6) is 0 Å². The molecule has 0 unspecified atom stereocenters. The van der Waals surface area contributed by atoms with Gasteiger partial charge in [0.2, 0.25) is 0 Å². The first-order valence-electron chi connectivity index (χ1n) is 6.37. The maximum Gasteiger partial charge on any atom is 0.337 e. The van der Waals surface area contributed by atoms with Crippen LogP contribution < -0.4 is 0 Å². The van der Waals surface area contributed by atoms with Gasteiger partial charge < -0.3 is 14.7 Å². The third kappa shape index (κ3) is 4.54. The Hall–Kier alpha value is -2.46. The third-order valence-electron chi connectivity index (χ3n) is 2.88. The van der Waals surface area contributed by atoms with E-state index in [1.54, 1.807) is 0 Å². The molecular formula is C14H17N3O4. The van der Waals surface area contributed by atoms with E-state index in [9.17, 15) is 9.59 Å². The fraction of sp³-hybridized carbons (Fsp3) is 0.429. The van der Waals surface area contributed by atoms with Crippen molar-refractivity contribution >= 4 is 11.9 Å². The van der Waals surface area contributed by atoms with E-state index in [1.807, 2.05) is 6.07 Å². The van der Waals surface area contributed by atoms with E-state index in [2.05, 4.69) is 4.98 Å². The van der Waals surface area contributed by atoms with E-state index < -0.39 is 5.97 Å². The van der Waals surface area contributed by atoms with Crippen molar-refractivity contribution in [2.24, 2.45) is 0 Å². The summed E-state index contributed by atoms with van der Waals surface area (Å²) in [5.41, 5.74) is 0.499. The Bertz CT molecular complexity index is 566. The quantitative estimate of drug-likeness (QED) is 0.806. The molecule has 1 amide bonds. The third-order valence-corrected chi connectivity index (χ3v) is 2.88. The van der Waals surface area contributed by atoms with Gasteiger partial charge in [-0.2, -0.15) is 5.26 Å². The molecule has 0 aromatic carbocycles. The number of carbonyl (C=O) groups excluding carboxylic acids is 1. The van der Waals surface area contributed by atoms with Gasteiger partial charge >= 0.3 is 5.97 Å². The smallest absolute Gasteiger partial charge is 0.337 e. The van der Waals surface area contributed by atoms with E-state index in [0.717, 1.165) is 0 Å². The van der Waals surface area contributed by atoms with Gasteiger partial charge in [0.05, 0.1) is 30.4 Å². The van der Waals surface area contributed by atoms with Crippen molar-refractivity contribution in [3.63, 3.8) is 0 Å². The molecular weight excluding hydrogens is 274 g/mol. The van der Waals surface area contributed by atoms with Crippen molar-refractivity contribution in [2.75, 3.05) is 26.8 Å². The molecule has 1 aromatic rings. The molecule has 0 radical (unpaired) electrons. The average Bonchev–Trinajstić information content (AvgIpc) is 2.46. The Morgan fingerprint density at radius 1 is 1.43 bits per heavy atom. The molecule has 0 saturated heterocycles. The number of pyridine rings is 1. The predicted molar refractivity (Wildman–Crippen MR) is 73.9 cm³/mol. The van der Waals surface area contributed by atoms with E-state index in [-0.39, 0.29) is 35.8 Å². The molecule has 1 heterocycles. The van der Waals surface area contributed by atoms with Crippen LogP contribution in [-0.4, -0.2) is 53.7 Å². The first-order valence-corrected chi connectivity index (χ1v) is 6.37. The van der Waals surface area contributed by atoms with Crippen molar-refractivity contribution in [1.82, 2.24) is 9.88 Å². The number of aromatic nitrogens is 1. The largest absolute Gasteiger partial charge is 0.478 e. The number of ether oxygens (including phenoxy) is 1. The van der Waals surface area contributed by atoms with Gasteiger partial charge in [0.25, 0.3) is 5.91 Å². The van der Waals surface area contributed by atoms with Gasteiger partial charge in [-0.1, -0.05) is 0 Å². The number of carboxylic acids is 1. The van der Waals surface area contributed by atoms with Gasteiger partial charge in [-0.25, -0.2) is 9.78 Å². The predicted octanol–water partition coefficient (Wildman–Crippen LogP) is 1.09. The van der Waals surface area contributed by atoms with E-state index in [1.165, 1.54) is 31.1 Å². The number of aromatic carboxylic acids is 1. The molecule has 1 rings (SSSR count). The summed E-state index contributed by atoms with van der Waals surface area (Å²) in [6.45, 7) is 2.51. The van der Waals surface area contributed by atoms with Crippen molar-refractivity contribution in [2.45, 2.75) is 13.3 Å². The first-order chi connectivity index (χ1) is 10.0. The highest BCUT2D eigenvalue weighted by molar-refractivity contribution is 5.94. The molecule has 7 nitrogen and oxygen atoms in total. The number of carbonyl (C=O) groups is 2. The van der Waals surface area contributed by atoms with Gasteiger partial charge in [0, 0.05) is 20.2 Å². The van der Waals surface area contributed by atoms with Crippen molar-refractivity contribution in [3.8, 4) is 6.07 Å². The van der Waals surface area contributed by atoms with Crippen LogP contribution in [-0.2, 0) is 4.74 Å². The van der Waals surface area contributed by atoms with Crippen molar-refractivity contribution in [3.05, 3.63) is 29.1 Å². The summed E-state index contributed by atoms with van der Waals surface area (Å²) in [5, 5.41) is 17.6. The molecule has 7 heteroatoms. The Morgan fingerprint density at radius 2 is 2.14 bits per heavy atom. The van der Waals surface area contributed by atoms with Crippen LogP contribution in [0.25, 0.3) is 0 Å². The Balaban J connectivity index is 2.94. The minimum atomic E-state index is -1.08. The summed E-state index contributed by atoms with van der Waals surface area (Å²) >= 11 is 0. The lowest BCUT2D eigenvalue weighted by Crippen LogP contribution is -2.35. The number of nitriles is 1.